The van der Waals surface area contributed by atoms with Crippen molar-refractivity contribution in [2.45, 2.75) is 46.1 Å². The molecule has 0 fully saturated rings. The van der Waals surface area contributed by atoms with Crippen LogP contribution in [-0.2, 0) is 0 Å². The van der Waals surface area contributed by atoms with Crippen LogP contribution >= 0.6 is 0 Å². The van der Waals surface area contributed by atoms with E-state index in [2.05, 4.69) is 18.3 Å². The van der Waals surface area contributed by atoms with E-state index in [1.54, 1.807) is 6.26 Å². The van der Waals surface area contributed by atoms with Crippen molar-refractivity contribution in [1.82, 2.24) is 5.32 Å². The highest BCUT2D eigenvalue weighted by molar-refractivity contribution is 5.02. The first-order chi connectivity index (χ1) is 8.05. The van der Waals surface area contributed by atoms with Crippen LogP contribution in [0.5, 0.6) is 0 Å². The van der Waals surface area contributed by atoms with Gasteiger partial charge in [0.25, 0.3) is 0 Å². The molecule has 1 aromatic heterocycles. The molecule has 0 saturated heterocycles. The smallest absolute Gasteiger partial charge is 0.120 e. The topological polar surface area (TPSA) is 49.0 Å². The van der Waals surface area contributed by atoms with Crippen molar-refractivity contribution in [3.05, 3.63) is 24.2 Å². The molecule has 0 aromatic carbocycles. The highest BCUT2D eigenvalue weighted by atomic mass is 16.3. The fraction of sp³-hybridized carbons (Fsp3) is 0.643. The zero-order valence-electron chi connectivity index (χ0n) is 11.0. The molecule has 1 atom stereocenters. The normalized spacial score (nSPS) is 13.3. The van der Waals surface area contributed by atoms with E-state index in [4.69, 9.17) is 9.68 Å². The number of nitrogens with zero attached hydrogens (tertiary/aromatic N) is 1. The van der Waals surface area contributed by atoms with Crippen LogP contribution in [0.4, 0.5) is 0 Å². The molecule has 0 saturated carbocycles. The molecule has 94 valence electrons. The van der Waals surface area contributed by atoms with Crippen molar-refractivity contribution in [3.63, 3.8) is 0 Å². The van der Waals surface area contributed by atoms with E-state index in [1.165, 1.54) is 0 Å². The molecular formula is C14H22N2O. The van der Waals surface area contributed by atoms with Gasteiger partial charge in [-0.25, -0.2) is 0 Å². The summed E-state index contributed by atoms with van der Waals surface area (Å²) in [5, 5.41) is 12.3. The third-order valence-corrected chi connectivity index (χ3v) is 2.95. The minimum Gasteiger partial charge on any atom is -0.468 e. The molecule has 1 unspecified atom stereocenters. The van der Waals surface area contributed by atoms with E-state index in [1.807, 2.05) is 26.0 Å². The van der Waals surface area contributed by atoms with Gasteiger partial charge in [0.1, 0.15) is 5.76 Å². The van der Waals surface area contributed by atoms with Crippen LogP contribution in [0.3, 0.4) is 0 Å². The number of hydrogen-bond acceptors (Lipinski definition) is 3. The Labute approximate surface area is 104 Å². The molecule has 0 spiro atoms. The molecule has 0 aliphatic carbocycles. The van der Waals surface area contributed by atoms with Crippen LogP contribution in [0.15, 0.2) is 22.8 Å². The van der Waals surface area contributed by atoms with Gasteiger partial charge >= 0.3 is 0 Å². The summed E-state index contributed by atoms with van der Waals surface area (Å²) in [6.45, 7) is 7.04. The van der Waals surface area contributed by atoms with Gasteiger partial charge in [0.2, 0.25) is 0 Å². The summed E-state index contributed by atoms with van der Waals surface area (Å²) < 4.78 is 5.32. The predicted octanol–water partition coefficient (Wildman–Crippen LogP) is 3.65. The molecule has 0 aliphatic heterocycles. The van der Waals surface area contributed by atoms with Gasteiger partial charge in [0, 0.05) is 0 Å². The molecule has 1 rings (SSSR count). The number of unbranched alkanes of at least 4 members (excludes halogenated alkanes) is 1. The fourth-order valence-electron chi connectivity index (χ4n) is 1.70. The second-order valence-electron chi connectivity index (χ2n) is 5.14. The SMILES string of the molecule is CC(NCCCCC(C)(C)C#N)c1ccco1. The summed E-state index contributed by atoms with van der Waals surface area (Å²) in [5.41, 5.74) is -0.188. The van der Waals surface area contributed by atoms with Crippen molar-refractivity contribution in [2.75, 3.05) is 6.54 Å². The third kappa shape index (κ3) is 5.06. The highest BCUT2D eigenvalue weighted by Gasteiger charge is 2.15. The molecule has 3 heteroatoms. The standard InChI is InChI=1S/C14H22N2O/c1-12(13-7-6-10-17-13)16-9-5-4-8-14(2,3)11-15/h6-7,10,12,16H,4-5,8-9H2,1-3H3. The van der Waals surface area contributed by atoms with Gasteiger partial charge < -0.3 is 9.73 Å². The Morgan fingerprint density at radius 1 is 1.47 bits per heavy atom. The quantitative estimate of drug-likeness (QED) is 0.732. The highest BCUT2D eigenvalue weighted by Crippen LogP contribution is 2.21. The largest absolute Gasteiger partial charge is 0.468 e. The molecule has 1 aromatic rings. The summed E-state index contributed by atoms with van der Waals surface area (Å²) >= 11 is 0. The molecule has 17 heavy (non-hydrogen) atoms. The molecule has 0 aliphatic rings. The van der Waals surface area contributed by atoms with E-state index in [0.717, 1.165) is 31.6 Å². The van der Waals surface area contributed by atoms with E-state index >= 15 is 0 Å². The van der Waals surface area contributed by atoms with Crippen LogP contribution in [0.2, 0.25) is 0 Å². The minimum atomic E-state index is -0.188. The number of furan rings is 1. The van der Waals surface area contributed by atoms with Crippen molar-refractivity contribution in [3.8, 4) is 6.07 Å². The zero-order chi connectivity index (χ0) is 12.7. The average Bonchev–Trinajstić information content (AvgIpc) is 2.82. The molecule has 1 N–H and O–H groups in total. The van der Waals surface area contributed by atoms with E-state index in [-0.39, 0.29) is 11.5 Å². The van der Waals surface area contributed by atoms with Gasteiger partial charge in [-0.1, -0.05) is 6.42 Å². The third-order valence-electron chi connectivity index (χ3n) is 2.95. The Morgan fingerprint density at radius 3 is 2.82 bits per heavy atom. The molecule has 0 bridgehead atoms. The van der Waals surface area contributed by atoms with Crippen molar-refractivity contribution in [1.29, 1.82) is 5.26 Å². The predicted molar refractivity (Wildman–Crippen MR) is 68.4 cm³/mol. The maximum Gasteiger partial charge on any atom is 0.120 e. The monoisotopic (exact) mass is 234 g/mol. The van der Waals surface area contributed by atoms with Crippen LogP contribution < -0.4 is 5.32 Å². The van der Waals surface area contributed by atoms with Crippen LogP contribution in [0, 0.1) is 16.7 Å². The summed E-state index contributed by atoms with van der Waals surface area (Å²) in [5.74, 6) is 0.974. The second kappa shape index (κ2) is 6.46. The Balaban J connectivity index is 2.11. The summed E-state index contributed by atoms with van der Waals surface area (Å²) in [6.07, 6.45) is 4.83. The molecule has 3 nitrogen and oxygen atoms in total. The second-order valence-corrected chi connectivity index (χ2v) is 5.14. The van der Waals surface area contributed by atoms with Crippen LogP contribution in [0.1, 0.15) is 51.8 Å². The number of nitrogens with one attached hydrogen (secondary N) is 1. The fourth-order valence-corrected chi connectivity index (χ4v) is 1.70. The van der Waals surface area contributed by atoms with Crippen molar-refractivity contribution >= 4 is 0 Å². The first-order valence-corrected chi connectivity index (χ1v) is 6.23. The van der Waals surface area contributed by atoms with Gasteiger partial charge in [-0.3, -0.25) is 0 Å². The minimum absolute atomic E-state index is 0.188. The van der Waals surface area contributed by atoms with Crippen LogP contribution in [-0.4, -0.2) is 6.54 Å². The summed E-state index contributed by atoms with van der Waals surface area (Å²) in [4.78, 5) is 0. The van der Waals surface area contributed by atoms with Gasteiger partial charge in [0.05, 0.1) is 23.8 Å². The Bertz CT molecular complexity index is 349. The maximum atomic E-state index is 8.89. The Kier molecular flexibility index (Phi) is 5.24. The Hall–Kier alpha value is -1.27. The van der Waals surface area contributed by atoms with E-state index in [0.29, 0.717) is 0 Å². The van der Waals surface area contributed by atoms with Gasteiger partial charge in [0.15, 0.2) is 0 Å². The van der Waals surface area contributed by atoms with Crippen LogP contribution in [0.25, 0.3) is 0 Å². The van der Waals surface area contributed by atoms with Crippen molar-refractivity contribution < 1.29 is 4.42 Å². The Morgan fingerprint density at radius 2 is 2.24 bits per heavy atom. The molecule has 0 amide bonds. The lowest BCUT2D eigenvalue weighted by molar-refractivity contribution is 0.401. The first kappa shape index (κ1) is 13.8. The van der Waals surface area contributed by atoms with Crippen molar-refractivity contribution in [2.24, 2.45) is 5.41 Å². The van der Waals surface area contributed by atoms with Gasteiger partial charge in [-0.05, 0) is 52.3 Å². The van der Waals surface area contributed by atoms with E-state index in [9.17, 15) is 0 Å². The lowest BCUT2D eigenvalue weighted by Gasteiger charge is -2.15. The average molecular weight is 234 g/mol. The first-order valence-electron chi connectivity index (χ1n) is 6.23. The summed E-state index contributed by atoms with van der Waals surface area (Å²) in [7, 11) is 0. The van der Waals surface area contributed by atoms with E-state index < -0.39 is 0 Å². The summed E-state index contributed by atoms with van der Waals surface area (Å²) in [6, 6.07) is 6.47. The maximum absolute atomic E-state index is 8.89. The number of nitriles is 1. The molecule has 0 radical (unpaired) electrons. The van der Waals surface area contributed by atoms with Gasteiger partial charge in [-0.2, -0.15) is 5.26 Å². The lowest BCUT2D eigenvalue weighted by Crippen LogP contribution is -2.19. The molecular weight excluding hydrogens is 212 g/mol. The number of rotatable bonds is 7. The molecule has 1 heterocycles. The zero-order valence-corrected chi connectivity index (χ0v) is 11.0. The lowest BCUT2D eigenvalue weighted by atomic mass is 9.89. The number of hydrogen-bond donors (Lipinski definition) is 1. The van der Waals surface area contributed by atoms with Gasteiger partial charge in [-0.15, -0.1) is 0 Å².